The number of hydrogen-bond acceptors (Lipinski definition) is 3. The maximum absolute atomic E-state index is 12.8. The second-order valence-corrected chi connectivity index (χ2v) is 2.52. The zero-order valence-corrected chi connectivity index (χ0v) is 8.74. The van der Waals surface area contributed by atoms with Crippen molar-refractivity contribution in [1.29, 1.82) is 0 Å². The number of benzene rings is 1. The SMILES string of the molecule is CC.O=[N+]([O-])c1cc(CCO)ccc1F. The van der Waals surface area contributed by atoms with Crippen LogP contribution >= 0.6 is 0 Å². The molecule has 0 spiro atoms. The summed E-state index contributed by atoms with van der Waals surface area (Å²) in [5, 5.41) is 18.8. The number of nitro benzene ring substituents is 1. The predicted octanol–water partition coefficient (Wildman–Crippen LogP) is 2.29. The van der Waals surface area contributed by atoms with Crippen LogP contribution in [0.25, 0.3) is 0 Å². The molecular weight excluding hydrogens is 201 g/mol. The standard InChI is InChI=1S/C8H8FNO3.C2H6/c9-7-2-1-6(3-4-11)5-8(7)10(12)13;1-2/h1-2,5,11H,3-4H2;1-2H3. The van der Waals surface area contributed by atoms with Gasteiger partial charge < -0.3 is 5.11 Å². The predicted molar refractivity (Wildman–Crippen MR) is 55.2 cm³/mol. The molecule has 1 aromatic carbocycles. The lowest BCUT2D eigenvalue weighted by atomic mass is 10.1. The molecule has 0 radical (unpaired) electrons. The molecule has 0 atom stereocenters. The Morgan fingerprint density at radius 2 is 2.07 bits per heavy atom. The molecular formula is C10H14FNO3. The van der Waals surface area contributed by atoms with Crippen molar-refractivity contribution in [2.45, 2.75) is 20.3 Å². The maximum atomic E-state index is 12.8. The van der Waals surface area contributed by atoms with Gasteiger partial charge in [-0.15, -0.1) is 0 Å². The third kappa shape index (κ3) is 4.03. The fourth-order valence-corrected chi connectivity index (χ4v) is 0.983. The molecule has 0 unspecified atom stereocenters. The van der Waals surface area contributed by atoms with E-state index in [9.17, 15) is 14.5 Å². The minimum Gasteiger partial charge on any atom is -0.396 e. The van der Waals surface area contributed by atoms with Crippen LogP contribution in [-0.4, -0.2) is 16.6 Å². The smallest absolute Gasteiger partial charge is 0.305 e. The topological polar surface area (TPSA) is 63.4 Å². The molecule has 0 amide bonds. The Labute approximate surface area is 87.5 Å². The van der Waals surface area contributed by atoms with E-state index in [1.54, 1.807) is 0 Å². The van der Waals surface area contributed by atoms with Crippen molar-refractivity contribution in [3.8, 4) is 0 Å². The lowest BCUT2D eigenvalue weighted by molar-refractivity contribution is -0.387. The maximum Gasteiger partial charge on any atom is 0.305 e. The highest BCUT2D eigenvalue weighted by Gasteiger charge is 2.13. The highest BCUT2D eigenvalue weighted by molar-refractivity contribution is 5.36. The summed E-state index contributed by atoms with van der Waals surface area (Å²) >= 11 is 0. The highest BCUT2D eigenvalue weighted by atomic mass is 19.1. The molecule has 1 N–H and O–H groups in total. The van der Waals surface area contributed by atoms with Crippen molar-refractivity contribution < 1.29 is 14.4 Å². The molecule has 84 valence electrons. The van der Waals surface area contributed by atoms with Crippen LogP contribution < -0.4 is 0 Å². The third-order valence-electron chi connectivity index (χ3n) is 1.61. The Hall–Kier alpha value is -1.49. The van der Waals surface area contributed by atoms with Crippen LogP contribution in [0.4, 0.5) is 10.1 Å². The summed E-state index contributed by atoms with van der Waals surface area (Å²) in [6, 6.07) is 3.58. The lowest BCUT2D eigenvalue weighted by Gasteiger charge is -1.98. The molecule has 0 aliphatic heterocycles. The minimum absolute atomic E-state index is 0.108. The molecule has 1 aromatic rings. The van der Waals surface area contributed by atoms with Gasteiger partial charge in [-0.1, -0.05) is 19.9 Å². The van der Waals surface area contributed by atoms with Crippen LogP contribution in [0.1, 0.15) is 19.4 Å². The van der Waals surface area contributed by atoms with Gasteiger partial charge in [0.15, 0.2) is 0 Å². The molecule has 0 saturated heterocycles. The van der Waals surface area contributed by atoms with Crippen LogP contribution in [0.3, 0.4) is 0 Å². The fraction of sp³-hybridized carbons (Fsp3) is 0.400. The first-order valence-electron chi connectivity index (χ1n) is 4.69. The number of aliphatic hydroxyl groups is 1. The van der Waals surface area contributed by atoms with Crippen molar-refractivity contribution >= 4 is 5.69 Å². The normalized spacial score (nSPS) is 9.07. The molecule has 0 heterocycles. The molecule has 0 saturated carbocycles. The summed E-state index contributed by atoms with van der Waals surface area (Å²) in [7, 11) is 0. The minimum atomic E-state index is -0.855. The number of nitro groups is 1. The van der Waals surface area contributed by atoms with Gasteiger partial charge in [-0.05, 0) is 18.1 Å². The largest absolute Gasteiger partial charge is 0.396 e. The summed E-state index contributed by atoms with van der Waals surface area (Å²) in [5.74, 6) is -0.855. The number of aliphatic hydroxyl groups excluding tert-OH is 1. The van der Waals surface area contributed by atoms with Gasteiger partial charge in [-0.25, -0.2) is 0 Å². The number of nitrogens with zero attached hydrogens (tertiary/aromatic N) is 1. The van der Waals surface area contributed by atoms with Crippen LogP contribution in [0.5, 0.6) is 0 Å². The van der Waals surface area contributed by atoms with E-state index in [0.717, 1.165) is 12.1 Å². The van der Waals surface area contributed by atoms with Gasteiger partial charge in [0.2, 0.25) is 5.82 Å². The van der Waals surface area contributed by atoms with Crippen LogP contribution in [0, 0.1) is 15.9 Å². The second-order valence-electron chi connectivity index (χ2n) is 2.52. The van der Waals surface area contributed by atoms with Gasteiger partial charge in [0.05, 0.1) is 4.92 Å². The van der Waals surface area contributed by atoms with E-state index >= 15 is 0 Å². The summed E-state index contributed by atoms with van der Waals surface area (Å²) in [5.41, 5.74) is 0.00144. The molecule has 0 aromatic heterocycles. The van der Waals surface area contributed by atoms with Gasteiger partial charge in [0.1, 0.15) is 0 Å². The van der Waals surface area contributed by atoms with Gasteiger partial charge >= 0.3 is 5.69 Å². The molecule has 15 heavy (non-hydrogen) atoms. The van der Waals surface area contributed by atoms with E-state index in [2.05, 4.69) is 0 Å². The Morgan fingerprint density at radius 3 is 2.53 bits per heavy atom. The summed E-state index contributed by atoms with van der Waals surface area (Å²) in [6.45, 7) is 3.89. The Balaban J connectivity index is 0.000000921. The zero-order chi connectivity index (χ0) is 11.8. The van der Waals surface area contributed by atoms with Gasteiger partial charge in [0, 0.05) is 12.7 Å². The Kier molecular flexibility index (Phi) is 6.21. The van der Waals surface area contributed by atoms with Crippen molar-refractivity contribution in [2.75, 3.05) is 6.61 Å². The molecule has 4 nitrogen and oxygen atoms in total. The van der Waals surface area contributed by atoms with Crippen molar-refractivity contribution in [2.24, 2.45) is 0 Å². The van der Waals surface area contributed by atoms with E-state index in [4.69, 9.17) is 5.11 Å². The van der Waals surface area contributed by atoms with Crippen molar-refractivity contribution in [1.82, 2.24) is 0 Å². The average molecular weight is 215 g/mol. The summed E-state index contributed by atoms with van der Waals surface area (Å²) in [6.07, 6.45) is 0.293. The quantitative estimate of drug-likeness (QED) is 0.621. The first-order chi connectivity index (χ1) is 7.15. The molecule has 5 heteroatoms. The highest BCUT2D eigenvalue weighted by Crippen LogP contribution is 2.18. The average Bonchev–Trinajstić information content (AvgIpc) is 2.24. The van der Waals surface area contributed by atoms with E-state index in [0.29, 0.717) is 12.0 Å². The number of rotatable bonds is 3. The van der Waals surface area contributed by atoms with Crippen LogP contribution in [0.15, 0.2) is 18.2 Å². The van der Waals surface area contributed by atoms with E-state index in [-0.39, 0.29) is 6.61 Å². The van der Waals surface area contributed by atoms with Gasteiger partial charge in [-0.2, -0.15) is 4.39 Å². The summed E-state index contributed by atoms with van der Waals surface area (Å²) in [4.78, 5) is 9.50. The van der Waals surface area contributed by atoms with Crippen molar-refractivity contribution in [3.05, 3.63) is 39.7 Å². The first kappa shape index (κ1) is 13.5. The summed E-state index contributed by atoms with van der Waals surface area (Å²) < 4.78 is 12.8. The van der Waals surface area contributed by atoms with E-state index < -0.39 is 16.4 Å². The molecule has 0 aliphatic carbocycles. The third-order valence-corrected chi connectivity index (χ3v) is 1.61. The van der Waals surface area contributed by atoms with E-state index in [1.807, 2.05) is 13.8 Å². The molecule has 0 fully saturated rings. The molecule has 0 bridgehead atoms. The fourth-order valence-electron chi connectivity index (χ4n) is 0.983. The lowest BCUT2D eigenvalue weighted by Crippen LogP contribution is -1.96. The zero-order valence-electron chi connectivity index (χ0n) is 8.74. The van der Waals surface area contributed by atoms with Crippen LogP contribution in [-0.2, 0) is 6.42 Å². The Morgan fingerprint density at radius 1 is 1.47 bits per heavy atom. The van der Waals surface area contributed by atoms with Crippen molar-refractivity contribution in [3.63, 3.8) is 0 Å². The first-order valence-corrected chi connectivity index (χ1v) is 4.69. The monoisotopic (exact) mass is 215 g/mol. The Bertz CT molecular complexity index is 328. The second kappa shape index (κ2) is 6.89. The van der Waals surface area contributed by atoms with E-state index in [1.165, 1.54) is 6.07 Å². The molecule has 0 aliphatic rings. The molecule has 1 rings (SSSR count). The van der Waals surface area contributed by atoms with Gasteiger partial charge in [0.25, 0.3) is 0 Å². The van der Waals surface area contributed by atoms with Gasteiger partial charge in [-0.3, -0.25) is 10.1 Å². The van der Waals surface area contributed by atoms with Crippen LogP contribution in [0.2, 0.25) is 0 Å². The number of hydrogen-bond donors (Lipinski definition) is 1. The number of halogens is 1.